The summed E-state index contributed by atoms with van der Waals surface area (Å²) in [5.41, 5.74) is 6.42. The molecule has 4 nitrogen and oxygen atoms in total. The SMILES string of the molecule is Cc1ccc(C2CCN(Cc3cnc4ccnn4c3)C2)c(C)c1. The van der Waals surface area contributed by atoms with Gasteiger partial charge in [0.1, 0.15) is 0 Å². The third kappa shape index (κ3) is 2.86. The highest BCUT2D eigenvalue weighted by Gasteiger charge is 2.25. The molecule has 0 N–H and O–H groups in total. The summed E-state index contributed by atoms with van der Waals surface area (Å²) in [6, 6.07) is 8.78. The molecule has 1 aliphatic rings. The predicted octanol–water partition coefficient (Wildman–Crippen LogP) is 3.34. The molecule has 0 radical (unpaired) electrons. The maximum atomic E-state index is 4.46. The van der Waals surface area contributed by atoms with Gasteiger partial charge in [-0.15, -0.1) is 0 Å². The number of likely N-dealkylation sites (tertiary alicyclic amines) is 1. The van der Waals surface area contributed by atoms with Crippen molar-refractivity contribution in [3.8, 4) is 0 Å². The highest BCUT2D eigenvalue weighted by molar-refractivity contribution is 5.36. The summed E-state index contributed by atoms with van der Waals surface area (Å²) >= 11 is 0. The van der Waals surface area contributed by atoms with E-state index in [0.717, 1.165) is 25.3 Å². The van der Waals surface area contributed by atoms with Crippen LogP contribution in [-0.4, -0.2) is 32.6 Å². The van der Waals surface area contributed by atoms with E-state index in [1.54, 1.807) is 6.20 Å². The quantitative estimate of drug-likeness (QED) is 0.744. The third-order valence-corrected chi connectivity index (χ3v) is 4.84. The van der Waals surface area contributed by atoms with E-state index >= 15 is 0 Å². The van der Waals surface area contributed by atoms with Crippen molar-refractivity contribution >= 4 is 5.65 Å². The van der Waals surface area contributed by atoms with Crippen molar-refractivity contribution in [1.82, 2.24) is 19.5 Å². The molecule has 1 aliphatic heterocycles. The molecule has 3 aromatic rings. The van der Waals surface area contributed by atoms with Gasteiger partial charge in [0.25, 0.3) is 0 Å². The molecule has 1 aromatic carbocycles. The lowest BCUT2D eigenvalue weighted by Crippen LogP contribution is -2.20. The minimum absolute atomic E-state index is 0.650. The van der Waals surface area contributed by atoms with Crippen LogP contribution in [0.15, 0.2) is 42.9 Å². The maximum absolute atomic E-state index is 4.46. The Morgan fingerprint density at radius 1 is 1.22 bits per heavy atom. The van der Waals surface area contributed by atoms with Crippen molar-refractivity contribution < 1.29 is 0 Å². The Labute approximate surface area is 136 Å². The van der Waals surface area contributed by atoms with Crippen LogP contribution in [0.5, 0.6) is 0 Å². The molecule has 0 bridgehead atoms. The Morgan fingerprint density at radius 3 is 3.00 bits per heavy atom. The average molecular weight is 306 g/mol. The van der Waals surface area contributed by atoms with Crippen LogP contribution in [-0.2, 0) is 6.54 Å². The molecule has 0 spiro atoms. The van der Waals surface area contributed by atoms with Crippen LogP contribution in [0.25, 0.3) is 5.65 Å². The van der Waals surface area contributed by atoms with E-state index in [0.29, 0.717) is 5.92 Å². The second-order valence-electron chi connectivity index (χ2n) is 6.68. The fraction of sp³-hybridized carbons (Fsp3) is 0.368. The first-order valence-corrected chi connectivity index (χ1v) is 8.27. The van der Waals surface area contributed by atoms with Crippen LogP contribution in [0.4, 0.5) is 0 Å². The number of hydrogen-bond acceptors (Lipinski definition) is 3. The largest absolute Gasteiger partial charge is 0.298 e. The van der Waals surface area contributed by atoms with Crippen LogP contribution in [0.2, 0.25) is 0 Å². The van der Waals surface area contributed by atoms with Crippen LogP contribution in [0.3, 0.4) is 0 Å². The highest BCUT2D eigenvalue weighted by atomic mass is 15.2. The molecule has 23 heavy (non-hydrogen) atoms. The van der Waals surface area contributed by atoms with E-state index in [4.69, 9.17) is 0 Å². The lowest BCUT2D eigenvalue weighted by atomic mass is 9.93. The van der Waals surface area contributed by atoms with Gasteiger partial charge in [-0.3, -0.25) is 4.90 Å². The summed E-state index contributed by atoms with van der Waals surface area (Å²) in [6.45, 7) is 7.62. The van der Waals surface area contributed by atoms with Crippen molar-refractivity contribution in [2.24, 2.45) is 0 Å². The Hall–Kier alpha value is -2.20. The summed E-state index contributed by atoms with van der Waals surface area (Å²) in [5.74, 6) is 0.650. The van der Waals surface area contributed by atoms with Gasteiger partial charge in [-0.1, -0.05) is 23.8 Å². The fourth-order valence-electron chi connectivity index (χ4n) is 3.70. The molecule has 4 heteroatoms. The van der Waals surface area contributed by atoms with E-state index in [9.17, 15) is 0 Å². The Kier molecular flexibility index (Phi) is 3.62. The monoisotopic (exact) mass is 306 g/mol. The standard InChI is InChI=1S/C19H22N4/c1-14-3-4-18(15(2)9-14)17-6-8-22(13-17)11-16-10-20-19-5-7-21-23(19)12-16/h3-5,7,9-10,12,17H,6,8,11,13H2,1-2H3. The van der Waals surface area contributed by atoms with Crippen molar-refractivity contribution in [1.29, 1.82) is 0 Å². The van der Waals surface area contributed by atoms with Gasteiger partial charge in [-0.25, -0.2) is 9.50 Å². The molecule has 1 saturated heterocycles. The Bertz CT molecular complexity index is 836. The van der Waals surface area contributed by atoms with Gasteiger partial charge in [0.05, 0.1) is 6.20 Å². The molecule has 2 aromatic heterocycles. The van der Waals surface area contributed by atoms with Crippen LogP contribution in [0, 0.1) is 13.8 Å². The number of fused-ring (bicyclic) bond motifs is 1. The van der Waals surface area contributed by atoms with E-state index < -0.39 is 0 Å². The highest BCUT2D eigenvalue weighted by Crippen LogP contribution is 2.30. The van der Waals surface area contributed by atoms with Crippen LogP contribution >= 0.6 is 0 Å². The molecule has 118 valence electrons. The molecule has 0 aliphatic carbocycles. The molecule has 1 unspecified atom stereocenters. The topological polar surface area (TPSA) is 33.4 Å². The van der Waals surface area contributed by atoms with E-state index in [1.165, 1.54) is 28.7 Å². The summed E-state index contributed by atoms with van der Waals surface area (Å²) in [4.78, 5) is 6.98. The summed E-state index contributed by atoms with van der Waals surface area (Å²) in [7, 11) is 0. The first-order valence-electron chi connectivity index (χ1n) is 8.27. The second-order valence-corrected chi connectivity index (χ2v) is 6.68. The molecule has 1 fully saturated rings. The normalized spacial score (nSPS) is 18.8. The lowest BCUT2D eigenvalue weighted by molar-refractivity contribution is 0.325. The van der Waals surface area contributed by atoms with Crippen LogP contribution < -0.4 is 0 Å². The molecule has 4 rings (SSSR count). The van der Waals surface area contributed by atoms with Crippen molar-refractivity contribution in [2.75, 3.05) is 13.1 Å². The first-order chi connectivity index (χ1) is 11.2. The number of aryl methyl sites for hydroxylation is 2. The number of aromatic nitrogens is 3. The molecular weight excluding hydrogens is 284 g/mol. The average Bonchev–Trinajstić information content (AvgIpc) is 3.16. The number of rotatable bonds is 3. The minimum Gasteiger partial charge on any atom is -0.298 e. The summed E-state index contributed by atoms with van der Waals surface area (Å²) in [5, 5.41) is 4.27. The molecule has 1 atom stereocenters. The Morgan fingerprint density at radius 2 is 2.13 bits per heavy atom. The zero-order valence-electron chi connectivity index (χ0n) is 13.7. The zero-order chi connectivity index (χ0) is 15.8. The van der Waals surface area contributed by atoms with E-state index in [1.807, 2.05) is 16.8 Å². The number of hydrogen-bond donors (Lipinski definition) is 0. The first kappa shape index (κ1) is 14.4. The van der Waals surface area contributed by atoms with Gasteiger partial charge in [0.15, 0.2) is 5.65 Å². The van der Waals surface area contributed by atoms with Gasteiger partial charge < -0.3 is 0 Å². The minimum atomic E-state index is 0.650. The van der Waals surface area contributed by atoms with Crippen molar-refractivity contribution in [3.05, 3.63) is 65.1 Å². The van der Waals surface area contributed by atoms with Gasteiger partial charge in [0, 0.05) is 37.1 Å². The van der Waals surface area contributed by atoms with Gasteiger partial charge in [-0.05, 0) is 43.9 Å². The lowest BCUT2D eigenvalue weighted by Gasteiger charge is -2.17. The predicted molar refractivity (Wildman–Crippen MR) is 91.5 cm³/mol. The van der Waals surface area contributed by atoms with E-state index in [2.05, 4.69) is 53.2 Å². The smallest absolute Gasteiger partial charge is 0.154 e. The summed E-state index contributed by atoms with van der Waals surface area (Å²) in [6.07, 6.45) is 7.09. The summed E-state index contributed by atoms with van der Waals surface area (Å²) < 4.78 is 1.85. The number of benzene rings is 1. The third-order valence-electron chi connectivity index (χ3n) is 4.84. The molecule has 0 amide bonds. The maximum Gasteiger partial charge on any atom is 0.154 e. The molecular formula is C19H22N4. The van der Waals surface area contributed by atoms with Gasteiger partial charge >= 0.3 is 0 Å². The van der Waals surface area contributed by atoms with Crippen molar-refractivity contribution in [2.45, 2.75) is 32.7 Å². The number of nitrogens with zero attached hydrogens (tertiary/aromatic N) is 4. The second kappa shape index (κ2) is 5.78. The molecule has 3 heterocycles. The zero-order valence-corrected chi connectivity index (χ0v) is 13.7. The molecule has 0 saturated carbocycles. The van der Waals surface area contributed by atoms with Crippen molar-refractivity contribution in [3.63, 3.8) is 0 Å². The fourth-order valence-corrected chi connectivity index (χ4v) is 3.70. The van der Waals surface area contributed by atoms with Gasteiger partial charge in [-0.2, -0.15) is 5.10 Å². The Balaban J connectivity index is 1.47. The van der Waals surface area contributed by atoms with Crippen LogP contribution in [0.1, 0.15) is 34.6 Å². The van der Waals surface area contributed by atoms with E-state index in [-0.39, 0.29) is 0 Å². The van der Waals surface area contributed by atoms with Gasteiger partial charge in [0.2, 0.25) is 0 Å².